The Morgan fingerprint density at radius 1 is 1.36 bits per heavy atom. The van der Waals surface area contributed by atoms with Crippen molar-refractivity contribution >= 4 is 0 Å². The summed E-state index contributed by atoms with van der Waals surface area (Å²) in [5, 5.41) is 0. The van der Waals surface area contributed by atoms with Crippen LogP contribution in [0, 0.1) is 11.8 Å². The van der Waals surface area contributed by atoms with Gasteiger partial charge in [-0.15, -0.1) is 0 Å². The molecule has 0 saturated carbocycles. The maximum Gasteiger partial charge on any atom is 0.387 e. The second kappa shape index (κ2) is 7.74. The summed E-state index contributed by atoms with van der Waals surface area (Å²) in [6.45, 7) is 2.69. The van der Waals surface area contributed by atoms with E-state index in [2.05, 4.69) is 16.6 Å². The summed E-state index contributed by atoms with van der Waals surface area (Å²) in [5.41, 5.74) is 6.75. The zero-order valence-corrected chi connectivity index (χ0v) is 13.1. The van der Waals surface area contributed by atoms with E-state index in [1.54, 1.807) is 12.1 Å². The number of benzene rings is 1. The van der Waals surface area contributed by atoms with Crippen molar-refractivity contribution in [3.05, 3.63) is 23.8 Å². The smallest absolute Gasteiger partial charge is 0.387 e. The Hall–Kier alpha value is -1.40. The minimum atomic E-state index is -2.86. The molecule has 1 heterocycles. The molecule has 0 bridgehead atoms. The first kappa shape index (κ1) is 17.0. The van der Waals surface area contributed by atoms with E-state index in [0.29, 0.717) is 30.7 Å². The van der Waals surface area contributed by atoms with E-state index in [1.807, 2.05) is 6.07 Å². The van der Waals surface area contributed by atoms with E-state index in [0.717, 1.165) is 25.1 Å². The number of methoxy groups -OCH3 is 1. The lowest BCUT2D eigenvalue weighted by Crippen LogP contribution is -2.42. The number of nitrogens with two attached hydrogens (primary N) is 1. The molecular weight excluding hydrogens is 290 g/mol. The van der Waals surface area contributed by atoms with E-state index in [4.69, 9.17) is 10.5 Å². The van der Waals surface area contributed by atoms with Gasteiger partial charge in [0.2, 0.25) is 0 Å². The molecule has 0 aliphatic carbocycles. The fourth-order valence-electron chi connectivity index (χ4n) is 2.94. The van der Waals surface area contributed by atoms with E-state index in [-0.39, 0.29) is 5.75 Å². The van der Waals surface area contributed by atoms with Crippen LogP contribution in [0.5, 0.6) is 11.5 Å². The van der Waals surface area contributed by atoms with Gasteiger partial charge in [-0.1, -0.05) is 13.0 Å². The first-order chi connectivity index (χ1) is 10.5. The molecule has 2 unspecified atom stereocenters. The molecule has 1 fully saturated rings. The Morgan fingerprint density at radius 3 is 2.77 bits per heavy atom. The number of rotatable bonds is 6. The second-order valence-corrected chi connectivity index (χ2v) is 5.86. The zero-order chi connectivity index (χ0) is 16.1. The molecule has 6 heteroatoms. The maximum absolute atomic E-state index is 12.5. The standard InChI is InChI=1S/C16H24F2N2O2/c1-11-5-6-20(10-13(11)8-19)9-12-3-4-14(21-2)15(7-12)22-16(17)18/h3-4,7,11,13,16H,5-6,8-10,19H2,1-2H3. The number of likely N-dealkylation sites (tertiary alicyclic amines) is 1. The highest BCUT2D eigenvalue weighted by atomic mass is 19.3. The number of hydrogen-bond donors (Lipinski definition) is 1. The van der Waals surface area contributed by atoms with Gasteiger partial charge >= 0.3 is 6.61 Å². The normalized spacial score (nSPS) is 22.8. The topological polar surface area (TPSA) is 47.7 Å². The van der Waals surface area contributed by atoms with E-state index in [9.17, 15) is 8.78 Å². The first-order valence-corrected chi connectivity index (χ1v) is 7.57. The third-order valence-corrected chi connectivity index (χ3v) is 4.35. The lowest BCUT2D eigenvalue weighted by Gasteiger charge is -2.36. The zero-order valence-electron chi connectivity index (χ0n) is 13.1. The monoisotopic (exact) mass is 314 g/mol. The van der Waals surface area contributed by atoms with Crippen LogP contribution >= 0.6 is 0 Å². The molecule has 0 aromatic heterocycles. The number of piperidine rings is 1. The Kier molecular flexibility index (Phi) is 5.97. The number of alkyl halides is 2. The van der Waals surface area contributed by atoms with E-state index < -0.39 is 6.61 Å². The molecule has 1 saturated heterocycles. The van der Waals surface area contributed by atoms with Crippen LogP contribution in [0.3, 0.4) is 0 Å². The minimum Gasteiger partial charge on any atom is -0.493 e. The van der Waals surface area contributed by atoms with Crippen molar-refractivity contribution in [1.29, 1.82) is 0 Å². The molecule has 4 nitrogen and oxygen atoms in total. The molecule has 1 aromatic rings. The molecule has 2 N–H and O–H groups in total. The Bertz CT molecular complexity index is 485. The summed E-state index contributed by atoms with van der Waals surface area (Å²) in [5.74, 6) is 1.52. The van der Waals surface area contributed by atoms with Crippen molar-refractivity contribution in [2.24, 2.45) is 17.6 Å². The number of ether oxygens (including phenoxy) is 2. The third kappa shape index (κ3) is 4.30. The summed E-state index contributed by atoms with van der Waals surface area (Å²) < 4.78 is 34.5. The molecular formula is C16H24F2N2O2. The van der Waals surface area contributed by atoms with Crippen LogP contribution in [0.1, 0.15) is 18.9 Å². The number of nitrogens with zero attached hydrogens (tertiary/aromatic N) is 1. The molecule has 2 atom stereocenters. The highest BCUT2D eigenvalue weighted by molar-refractivity contribution is 5.43. The van der Waals surface area contributed by atoms with E-state index in [1.165, 1.54) is 7.11 Å². The van der Waals surface area contributed by atoms with Gasteiger partial charge in [-0.05, 0) is 49.0 Å². The van der Waals surface area contributed by atoms with Gasteiger partial charge in [0.1, 0.15) is 0 Å². The number of hydrogen-bond acceptors (Lipinski definition) is 4. The fourth-order valence-corrected chi connectivity index (χ4v) is 2.94. The molecule has 0 spiro atoms. The Labute approximate surface area is 130 Å². The average Bonchev–Trinajstić information content (AvgIpc) is 2.49. The summed E-state index contributed by atoms with van der Waals surface area (Å²) in [7, 11) is 1.44. The third-order valence-electron chi connectivity index (χ3n) is 4.35. The van der Waals surface area contributed by atoms with Crippen molar-refractivity contribution < 1.29 is 18.3 Å². The van der Waals surface area contributed by atoms with E-state index >= 15 is 0 Å². The van der Waals surface area contributed by atoms with Crippen molar-refractivity contribution in [2.45, 2.75) is 26.5 Å². The lowest BCUT2D eigenvalue weighted by atomic mass is 9.87. The predicted octanol–water partition coefficient (Wildman–Crippen LogP) is 2.71. The Balaban J connectivity index is 2.06. The summed E-state index contributed by atoms with van der Waals surface area (Å²) in [6, 6.07) is 5.17. The van der Waals surface area contributed by atoms with Crippen LogP contribution in [0.4, 0.5) is 8.78 Å². The van der Waals surface area contributed by atoms with Crippen LogP contribution in [-0.4, -0.2) is 38.3 Å². The molecule has 0 amide bonds. The molecule has 1 aromatic carbocycles. The number of halogens is 2. The van der Waals surface area contributed by atoms with Gasteiger partial charge in [-0.3, -0.25) is 4.90 Å². The van der Waals surface area contributed by atoms with Crippen molar-refractivity contribution in [2.75, 3.05) is 26.7 Å². The SMILES string of the molecule is COc1ccc(CN2CCC(C)C(CN)C2)cc1OC(F)F. The molecule has 22 heavy (non-hydrogen) atoms. The summed E-state index contributed by atoms with van der Waals surface area (Å²) in [6.07, 6.45) is 1.11. The average molecular weight is 314 g/mol. The molecule has 1 aliphatic heterocycles. The van der Waals surface area contributed by atoms with Crippen LogP contribution < -0.4 is 15.2 Å². The first-order valence-electron chi connectivity index (χ1n) is 7.57. The van der Waals surface area contributed by atoms with Gasteiger partial charge < -0.3 is 15.2 Å². The molecule has 2 rings (SSSR count). The van der Waals surface area contributed by atoms with Crippen molar-refractivity contribution in [3.8, 4) is 11.5 Å². The minimum absolute atomic E-state index is 0.0794. The Morgan fingerprint density at radius 2 is 2.14 bits per heavy atom. The van der Waals surface area contributed by atoms with Gasteiger partial charge in [-0.25, -0.2) is 0 Å². The highest BCUT2D eigenvalue weighted by Gasteiger charge is 2.25. The maximum atomic E-state index is 12.5. The molecule has 1 aliphatic rings. The van der Waals surface area contributed by atoms with Crippen LogP contribution in [0.25, 0.3) is 0 Å². The molecule has 124 valence electrons. The summed E-state index contributed by atoms with van der Waals surface area (Å²) >= 11 is 0. The van der Waals surface area contributed by atoms with Gasteiger partial charge in [0, 0.05) is 13.1 Å². The van der Waals surface area contributed by atoms with Gasteiger partial charge in [0.25, 0.3) is 0 Å². The second-order valence-electron chi connectivity index (χ2n) is 5.86. The highest BCUT2D eigenvalue weighted by Crippen LogP contribution is 2.31. The molecule has 0 radical (unpaired) electrons. The predicted molar refractivity (Wildman–Crippen MR) is 81.2 cm³/mol. The van der Waals surface area contributed by atoms with Gasteiger partial charge in [-0.2, -0.15) is 8.78 Å². The van der Waals surface area contributed by atoms with Crippen LogP contribution in [0.15, 0.2) is 18.2 Å². The van der Waals surface area contributed by atoms with Crippen LogP contribution in [0.2, 0.25) is 0 Å². The fraction of sp³-hybridized carbons (Fsp3) is 0.625. The van der Waals surface area contributed by atoms with Crippen molar-refractivity contribution in [3.63, 3.8) is 0 Å². The van der Waals surface area contributed by atoms with Gasteiger partial charge in [0.05, 0.1) is 7.11 Å². The largest absolute Gasteiger partial charge is 0.493 e. The van der Waals surface area contributed by atoms with Crippen LogP contribution in [-0.2, 0) is 6.54 Å². The summed E-state index contributed by atoms with van der Waals surface area (Å²) in [4.78, 5) is 2.31. The van der Waals surface area contributed by atoms with Gasteiger partial charge in [0.15, 0.2) is 11.5 Å². The van der Waals surface area contributed by atoms with Crippen molar-refractivity contribution in [1.82, 2.24) is 4.90 Å². The lowest BCUT2D eigenvalue weighted by molar-refractivity contribution is -0.0512. The quantitative estimate of drug-likeness (QED) is 0.877.